The van der Waals surface area contributed by atoms with Crippen molar-refractivity contribution < 1.29 is 18.0 Å². The van der Waals surface area contributed by atoms with Gasteiger partial charge in [0.05, 0.1) is 16.1 Å². The first-order chi connectivity index (χ1) is 15.6. The average Bonchev–Trinajstić information content (AvgIpc) is 2.78. The summed E-state index contributed by atoms with van der Waals surface area (Å²) in [6, 6.07) is 12.6. The normalized spacial score (nSPS) is 19.7. The Morgan fingerprint density at radius 1 is 1.03 bits per heavy atom. The van der Waals surface area contributed by atoms with Gasteiger partial charge in [-0.3, -0.25) is 9.59 Å². The number of hydrogen-bond acceptors (Lipinski definition) is 4. The fourth-order valence-corrected chi connectivity index (χ4v) is 5.50. The molecule has 33 heavy (non-hydrogen) atoms. The van der Waals surface area contributed by atoms with Crippen LogP contribution in [0.4, 0.5) is 5.69 Å². The minimum Gasteiger partial charge on any atom is -0.338 e. The molecule has 0 radical (unpaired) electrons. The molecule has 2 aromatic rings. The number of piperidine rings is 1. The number of nitrogens with zero attached hydrogens (tertiary/aromatic N) is 1. The lowest BCUT2D eigenvalue weighted by Gasteiger charge is -2.35. The molecule has 7 nitrogen and oxygen atoms in total. The van der Waals surface area contributed by atoms with Crippen molar-refractivity contribution in [2.24, 2.45) is 11.8 Å². The fraction of sp³-hybridized carbons (Fsp3) is 0.440. The summed E-state index contributed by atoms with van der Waals surface area (Å²) >= 11 is 0. The van der Waals surface area contributed by atoms with Gasteiger partial charge in [0.1, 0.15) is 0 Å². The number of para-hydroxylation sites is 1. The largest absolute Gasteiger partial charge is 0.338 e. The van der Waals surface area contributed by atoms with Gasteiger partial charge >= 0.3 is 0 Å². The van der Waals surface area contributed by atoms with Crippen LogP contribution in [-0.4, -0.2) is 44.3 Å². The third-order valence-corrected chi connectivity index (χ3v) is 7.56. The van der Waals surface area contributed by atoms with E-state index in [0.29, 0.717) is 48.2 Å². The molecule has 0 spiro atoms. The van der Waals surface area contributed by atoms with Crippen molar-refractivity contribution in [1.29, 1.82) is 0 Å². The lowest BCUT2D eigenvalue weighted by atomic mass is 9.91. The van der Waals surface area contributed by atoms with Crippen molar-refractivity contribution in [2.75, 3.05) is 18.4 Å². The van der Waals surface area contributed by atoms with Gasteiger partial charge in [0.25, 0.3) is 11.8 Å². The first-order valence-corrected chi connectivity index (χ1v) is 12.9. The molecule has 0 saturated carbocycles. The van der Waals surface area contributed by atoms with E-state index in [9.17, 15) is 18.0 Å². The summed E-state index contributed by atoms with van der Waals surface area (Å²) in [6.45, 7) is 9.38. The van der Waals surface area contributed by atoms with E-state index in [1.54, 1.807) is 31.2 Å². The highest BCUT2D eigenvalue weighted by atomic mass is 32.2. The quantitative estimate of drug-likeness (QED) is 0.635. The van der Waals surface area contributed by atoms with Gasteiger partial charge in [-0.15, -0.1) is 0 Å². The zero-order valence-electron chi connectivity index (χ0n) is 19.7. The van der Waals surface area contributed by atoms with E-state index in [0.717, 1.165) is 6.42 Å². The molecule has 1 aliphatic rings. The summed E-state index contributed by atoms with van der Waals surface area (Å²) < 4.78 is 27.5. The minimum absolute atomic E-state index is 0.0955. The van der Waals surface area contributed by atoms with Crippen LogP contribution in [0.2, 0.25) is 0 Å². The Morgan fingerprint density at radius 2 is 1.64 bits per heavy atom. The molecule has 3 rings (SSSR count). The van der Waals surface area contributed by atoms with E-state index < -0.39 is 15.9 Å². The highest BCUT2D eigenvalue weighted by Crippen LogP contribution is 2.25. The molecule has 1 fully saturated rings. The van der Waals surface area contributed by atoms with Crippen LogP contribution in [0.15, 0.2) is 53.4 Å². The molecular formula is C25H33N3O4S. The lowest BCUT2D eigenvalue weighted by Crippen LogP contribution is -2.42. The second-order valence-corrected chi connectivity index (χ2v) is 10.8. The van der Waals surface area contributed by atoms with E-state index >= 15 is 0 Å². The number of sulfonamides is 1. The molecule has 2 N–H and O–H groups in total. The van der Waals surface area contributed by atoms with Crippen LogP contribution in [0.25, 0.3) is 0 Å². The fourth-order valence-electron chi connectivity index (χ4n) is 4.17. The number of rotatable bonds is 7. The first kappa shape index (κ1) is 24.9. The highest BCUT2D eigenvalue weighted by Gasteiger charge is 2.27. The molecule has 0 aromatic heterocycles. The van der Waals surface area contributed by atoms with Crippen molar-refractivity contribution in [1.82, 2.24) is 9.62 Å². The molecule has 1 aliphatic heterocycles. The Hall–Kier alpha value is -2.71. The summed E-state index contributed by atoms with van der Waals surface area (Å²) in [5.41, 5.74) is 1.19. The summed E-state index contributed by atoms with van der Waals surface area (Å²) in [6.07, 6.45) is 1.77. The number of likely N-dealkylation sites (tertiary alicyclic amines) is 1. The van der Waals surface area contributed by atoms with Crippen molar-refractivity contribution in [3.05, 3.63) is 59.7 Å². The second kappa shape index (κ2) is 10.5. The molecule has 178 valence electrons. The van der Waals surface area contributed by atoms with Crippen LogP contribution in [-0.2, 0) is 10.0 Å². The molecule has 3 unspecified atom stereocenters. The minimum atomic E-state index is -3.64. The summed E-state index contributed by atoms with van der Waals surface area (Å²) in [5, 5.41) is 2.82. The molecule has 0 bridgehead atoms. The van der Waals surface area contributed by atoms with E-state index in [4.69, 9.17) is 0 Å². The third-order valence-electron chi connectivity index (χ3n) is 5.96. The van der Waals surface area contributed by atoms with Gasteiger partial charge in [0.15, 0.2) is 0 Å². The summed E-state index contributed by atoms with van der Waals surface area (Å²) in [4.78, 5) is 28.0. The molecule has 0 aliphatic carbocycles. The topological polar surface area (TPSA) is 95.6 Å². The standard InChI is InChI=1S/C25H33N3O4S/c1-5-19(4)27-33(31,32)21-12-10-20(11-13-21)24(29)26-23-9-7-6-8-22(23)25(30)28-15-17(2)14-18(3)16-28/h6-13,17-19,27H,5,14-16H2,1-4H3,(H,26,29). The number of anilines is 1. The number of carbonyl (C=O) groups is 2. The highest BCUT2D eigenvalue weighted by molar-refractivity contribution is 7.89. The van der Waals surface area contributed by atoms with E-state index in [2.05, 4.69) is 23.9 Å². The number of hydrogen-bond donors (Lipinski definition) is 2. The van der Waals surface area contributed by atoms with Crippen LogP contribution < -0.4 is 10.0 Å². The van der Waals surface area contributed by atoms with Crippen molar-refractivity contribution in [3.8, 4) is 0 Å². The number of benzene rings is 2. The zero-order chi connectivity index (χ0) is 24.2. The first-order valence-electron chi connectivity index (χ1n) is 11.4. The maximum atomic E-state index is 13.2. The van der Waals surface area contributed by atoms with Gasteiger partial charge in [0.2, 0.25) is 10.0 Å². The molecule has 3 atom stereocenters. The SMILES string of the molecule is CCC(C)NS(=O)(=O)c1ccc(C(=O)Nc2ccccc2C(=O)N2CC(C)CC(C)C2)cc1. The van der Waals surface area contributed by atoms with E-state index in [1.165, 1.54) is 24.3 Å². The predicted octanol–water partition coefficient (Wildman–Crippen LogP) is 4.13. The lowest BCUT2D eigenvalue weighted by molar-refractivity contribution is 0.0624. The average molecular weight is 472 g/mol. The second-order valence-electron chi connectivity index (χ2n) is 9.11. The summed E-state index contributed by atoms with van der Waals surface area (Å²) in [5.74, 6) is 0.365. The van der Waals surface area contributed by atoms with Gasteiger partial charge in [-0.05, 0) is 68.0 Å². The molecule has 2 amide bonds. The van der Waals surface area contributed by atoms with E-state index in [-0.39, 0.29) is 16.8 Å². The van der Waals surface area contributed by atoms with Crippen LogP contribution >= 0.6 is 0 Å². The predicted molar refractivity (Wildman–Crippen MR) is 130 cm³/mol. The summed E-state index contributed by atoms with van der Waals surface area (Å²) in [7, 11) is -3.64. The molecule has 8 heteroatoms. The van der Waals surface area contributed by atoms with Crippen LogP contribution in [0.5, 0.6) is 0 Å². The smallest absolute Gasteiger partial charge is 0.255 e. The molecule has 2 aromatic carbocycles. The Labute approximate surface area is 196 Å². The number of nitrogens with one attached hydrogen (secondary N) is 2. The Balaban J connectivity index is 1.75. The van der Waals surface area contributed by atoms with Gasteiger partial charge in [-0.1, -0.05) is 32.9 Å². The third kappa shape index (κ3) is 6.21. The van der Waals surface area contributed by atoms with E-state index in [1.807, 2.05) is 11.8 Å². The van der Waals surface area contributed by atoms with Crippen molar-refractivity contribution in [3.63, 3.8) is 0 Å². The number of amides is 2. The zero-order valence-corrected chi connectivity index (χ0v) is 20.5. The maximum Gasteiger partial charge on any atom is 0.255 e. The number of carbonyl (C=O) groups excluding carboxylic acids is 2. The molecule has 1 saturated heterocycles. The maximum absolute atomic E-state index is 13.2. The molecule has 1 heterocycles. The van der Waals surface area contributed by atoms with Gasteiger partial charge in [-0.2, -0.15) is 0 Å². The van der Waals surface area contributed by atoms with Gasteiger partial charge < -0.3 is 10.2 Å². The van der Waals surface area contributed by atoms with Crippen molar-refractivity contribution in [2.45, 2.75) is 51.5 Å². The Morgan fingerprint density at radius 3 is 2.24 bits per heavy atom. The van der Waals surface area contributed by atoms with Crippen LogP contribution in [0.1, 0.15) is 61.3 Å². The Bertz CT molecular complexity index is 1090. The molecular weight excluding hydrogens is 438 g/mol. The Kier molecular flexibility index (Phi) is 7.92. The van der Waals surface area contributed by atoms with Crippen molar-refractivity contribution >= 4 is 27.5 Å². The monoisotopic (exact) mass is 471 g/mol. The van der Waals surface area contributed by atoms with Gasteiger partial charge in [0, 0.05) is 24.7 Å². The van der Waals surface area contributed by atoms with Crippen LogP contribution in [0, 0.1) is 11.8 Å². The van der Waals surface area contributed by atoms with Crippen LogP contribution in [0.3, 0.4) is 0 Å². The van der Waals surface area contributed by atoms with Gasteiger partial charge in [-0.25, -0.2) is 13.1 Å².